The number of rotatable bonds is 4. The van der Waals surface area contributed by atoms with Crippen LogP contribution in [0.1, 0.15) is 46.4 Å². The van der Waals surface area contributed by atoms with Crippen molar-refractivity contribution in [3.05, 3.63) is 51.0 Å². The van der Waals surface area contributed by atoms with Gasteiger partial charge in [-0.1, -0.05) is 12.1 Å². The Morgan fingerprint density at radius 2 is 2.10 bits per heavy atom. The van der Waals surface area contributed by atoms with E-state index in [1.54, 1.807) is 23.5 Å². The van der Waals surface area contributed by atoms with Crippen LogP contribution in [0.15, 0.2) is 18.2 Å². The number of nitrogens with one attached hydrogen (secondary N) is 1. The van der Waals surface area contributed by atoms with Gasteiger partial charge < -0.3 is 5.32 Å². The zero-order chi connectivity index (χ0) is 14.4. The third-order valence-electron chi connectivity index (χ3n) is 4.13. The van der Waals surface area contributed by atoms with E-state index in [1.807, 2.05) is 0 Å². The van der Waals surface area contributed by atoms with Crippen molar-refractivity contribution in [3.63, 3.8) is 0 Å². The van der Waals surface area contributed by atoms with Crippen molar-refractivity contribution in [1.82, 2.24) is 10.3 Å². The van der Waals surface area contributed by atoms with E-state index in [9.17, 15) is 8.78 Å². The quantitative estimate of drug-likeness (QED) is 0.930. The molecule has 1 aromatic carbocycles. The van der Waals surface area contributed by atoms with Gasteiger partial charge in [0.25, 0.3) is 0 Å². The summed E-state index contributed by atoms with van der Waals surface area (Å²) in [6, 6.07) is 4.45. The fourth-order valence-corrected chi connectivity index (χ4v) is 4.09. The maximum atomic E-state index is 14.2. The van der Waals surface area contributed by atoms with E-state index in [0.717, 1.165) is 48.9 Å². The van der Waals surface area contributed by atoms with Gasteiger partial charge in [-0.15, -0.1) is 11.3 Å². The summed E-state index contributed by atoms with van der Waals surface area (Å²) in [5, 5.41) is 4.29. The first-order valence-corrected chi connectivity index (χ1v) is 8.22. The summed E-state index contributed by atoms with van der Waals surface area (Å²) in [4.78, 5) is 6.00. The summed E-state index contributed by atoms with van der Waals surface area (Å²) < 4.78 is 27.7. The topological polar surface area (TPSA) is 24.9 Å². The van der Waals surface area contributed by atoms with Gasteiger partial charge >= 0.3 is 0 Å². The molecule has 1 heterocycles. The first kappa shape index (κ1) is 13.3. The first-order valence-electron chi connectivity index (χ1n) is 7.41. The van der Waals surface area contributed by atoms with Crippen LogP contribution in [0.25, 0.3) is 0 Å². The van der Waals surface area contributed by atoms with Crippen molar-refractivity contribution >= 4 is 11.3 Å². The van der Waals surface area contributed by atoms with E-state index in [4.69, 9.17) is 0 Å². The van der Waals surface area contributed by atoms with Gasteiger partial charge in [0.2, 0.25) is 0 Å². The maximum Gasteiger partial charge on any atom is 0.164 e. The van der Waals surface area contributed by atoms with Crippen molar-refractivity contribution in [3.8, 4) is 0 Å². The molecule has 1 atom stereocenters. The molecule has 1 N–H and O–H groups in total. The number of halogens is 2. The van der Waals surface area contributed by atoms with Gasteiger partial charge in [0.05, 0.1) is 11.7 Å². The minimum absolute atomic E-state index is 0.330. The molecule has 2 aliphatic carbocycles. The molecule has 21 heavy (non-hydrogen) atoms. The molecule has 2 aliphatic rings. The molecule has 4 rings (SSSR count). The van der Waals surface area contributed by atoms with E-state index in [1.165, 1.54) is 4.88 Å². The molecule has 5 heteroatoms. The highest BCUT2D eigenvalue weighted by Gasteiger charge is 2.31. The standard InChI is InChI=1S/C16H16F2N2S/c17-11-4-1-3-10(14(11)18)15(19-9-7-8-9)16-20-12-5-2-6-13(12)21-16/h1,3-4,9,15,19H,2,5-8H2. The highest BCUT2D eigenvalue weighted by Crippen LogP contribution is 2.36. The summed E-state index contributed by atoms with van der Waals surface area (Å²) in [6.07, 6.45) is 5.42. The van der Waals surface area contributed by atoms with Gasteiger partial charge in [-0.25, -0.2) is 13.8 Å². The molecule has 110 valence electrons. The summed E-state index contributed by atoms with van der Waals surface area (Å²) in [5.74, 6) is -1.55. The van der Waals surface area contributed by atoms with Crippen LogP contribution in [0.3, 0.4) is 0 Å². The van der Waals surface area contributed by atoms with Crippen molar-refractivity contribution in [2.45, 2.75) is 44.2 Å². The number of hydrogen-bond donors (Lipinski definition) is 1. The van der Waals surface area contributed by atoms with E-state index in [0.29, 0.717) is 11.6 Å². The summed E-state index contributed by atoms with van der Waals surface area (Å²) in [7, 11) is 0. The van der Waals surface area contributed by atoms with Crippen molar-refractivity contribution in [1.29, 1.82) is 0 Å². The second-order valence-electron chi connectivity index (χ2n) is 5.79. The Balaban J connectivity index is 1.74. The molecule has 1 fully saturated rings. The number of thiazole rings is 1. The number of benzene rings is 1. The molecule has 0 saturated heterocycles. The third-order valence-corrected chi connectivity index (χ3v) is 5.35. The Labute approximate surface area is 126 Å². The zero-order valence-corrected chi connectivity index (χ0v) is 12.4. The molecule has 2 aromatic rings. The van der Waals surface area contributed by atoms with Gasteiger partial charge in [0.15, 0.2) is 11.6 Å². The Morgan fingerprint density at radius 1 is 1.24 bits per heavy atom. The Bertz CT molecular complexity index is 657. The third kappa shape index (κ3) is 2.49. The van der Waals surface area contributed by atoms with Crippen LogP contribution in [0.5, 0.6) is 0 Å². The lowest BCUT2D eigenvalue weighted by Gasteiger charge is -2.17. The monoisotopic (exact) mass is 306 g/mol. The number of hydrogen-bond acceptors (Lipinski definition) is 3. The van der Waals surface area contributed by atoms with Crippen LogP contribution < -0.4 is 5.32 Å². The van der Waals surface area contributed by atoms with Gasteiger partial charge in [-0.05, 0) is 38.2 Å². The summed E-state index contributed by atoms with van der Waals surface area (Å²) in [5.41, 5.74) is 1.52. The molecule has 1 aromatic heterocycles. The molecule has 0 spiro atoms. The normalized spacial score (nSPS) is 18.8. The van der Waals surface area contributed by atoms with Crippen LogP contribution in [0.2, 0.25) is 0 Å². The largest absolute Gasteiger partial charge is 0.301 e. The van der Waals surface area contributed by atoms with Crippen LogP contribution in [-0.2, 0) is 12.8 Å². The van der Waals surface area contributed by atoms with Crippen LogP contribution in [0, 0.1) is 11.6 Å². The second kappa shape index (κ2) is 5.14. The molecule has 0 amide bonds. The van der Waals surface area contributed by atoms with E-state index in [-0.39, 0.29) is 6.04 Å². The minimum atomic E-state index is -0.792. The zero-order valence-electron chi connectivity index (χ0n) is 11.5. The average molecular weight is 306 g/mol. The van der Waals surface area contributed by atoms with E-state index in [2.05, 4.69) is 10.3 Å². The highest BCUT2D eigenvalue weighted by atomic mass is 32.1. The lowest BCUT2D eigenvalue weighted by molar-refractivity contribution is 0.479. The number of aryl methyl sites for hydroxylation is 2. The smallest absolute Gasteiger partial charge is 0.164 e. The molecule has 0 bridgehead atoms. The molecular weight excluding hydrogens is 290 g/mol. The van der Waals surface area contributed by atoms with Gasteiger partial charge in [-0.3, -0.25) is 0 Å². The van der Waals surface area contributed by atoms with Gasteiger partial charge in [-0.2, -0.15) is 0 Å². The lowest BCUT2D eigenvalue weighted by atomic mass is 10.1. The van der Waals surface area contributed by atoms with Gasteiger partial charge in [0.1, 0.15) is 5.01 Å². The van der Waals surface area contributed by atoms with Crippen molar-refractivity contribution < 1.29 is 8.78 Å². The molecule has 0 radical (unpaired) electrons. The fraction of sp³-hybridized carbons (Fsp3) is 0.438. The van der Waals surface area contributed by atoms with Crippen LogP contribution in [-0.4, -0.2) is 11.0 Å². The van der Waals surface area contributed by atoms with Crippen molar-refractivity contribution in [2.75, 3.05) is 0 Å². The SMILES string of the molecule is Fc1cccc(C(NC2CC2)c2nc3c(s2)CCC3)c1F. The predicted molar refractivity (Wildman–Crippen MR) is 78.5 cm³/mol. The summed E-state index contributed by atoms with van der Waals surface area (Å²) in [6.45, 7) is 0. The van der Waals surface area contributed by atoms with Crippen molar-refractivity contribution in [2.24, 2.45) is 0 Å². The average Bonchev–Trinajstić information content (AvgIpc) is 3.03. The van der Waals surface area contributed by atoms with Gasteiger partial charge in [0, 0.05) is 16.5 Å². The maximum absolute atomic E-state index is 14.2. The van der Waals surface area contributed by atoms with Crippen LogP contribution in [0.4, 0.5) is 8.78 Å². The molecular formula is C16H16F2N2S. The molecule has 0 aliphatic heterocycles. The number of nitrogens with zero attached hydrogens (tertiary/aromatic N) is 1. The minimum Gasteiger partial charge on any atom is -0.301 e. The Morgan fingerprint density at radius 3 is 2.86 bits per heavy atom. The Kier molecular flexibility index (Phi) is 3.27. The highest BCUT2D eigenvalue weighted by molar-refractivity contribution is 7.11. The Hall–Kier alpha value is -1.33. The lowest BCUT2D eigenvalue weighted by Crippen LogP contribution is -2.25. The second-order valence-corrected chi connectivity index (χ2v) is 6.91. The van der Waals surface area contributed by atoms with E-state index >= 15 is 0 Å². The molecule has 1 saturated carbocycles. The van der Waals surface area contributed by atoms with Crippen LogP contribution >= 0.6 is 11.3 Å². The summed E-state index contributed by atoms with van der Waals surface area (Å²) >= 11 is 1.65. The van der Waals surface area contributed by atoms with E-state index < -0.39 is 11.6 Å². The fourth-order valence-electron chi connectivity index (χ4n) is 2.86. The first-order chi connectivity index (χ1) is 10.2. The predicted octanol–water partition coefficient (Wildman–Crippen LogP) is 3.75. The number of aromatic nitrogens is 1. The number of fused-ring (bicyclic) bond motifs is 1. The molecule has 2 nitrogen and oxygen atoms in total. The molecule has 1 unspecified atom stereocenters.